The summed E-state index contributed by atoms with van der Waals surface area (Å²) in [5.74, 6) is 0.974. The molecule has 15 heavy (non-hydrogen) atoms. The Hall–Kier alpha value is -0.120. The van der Waals surface area contributed by atoms with Crippen LogP contribution >= 0.6 is 0 Å². The van der Waals surface area contributed by atoms with E-state index in [0.29, 0.717) is 6.04 Å². The fraction of sp³-hybridized carbons (Fsp3) is 1.00. The standard InChI is InChI=1S/C12H24N2O/c1-10-8-13-12(11-4-5-11)9-14(10)6-3-7-15-2/h10-13H,3-9H2,1-2H3. The van der Waals surface area contributed by atoms with Gasteiger partial charge in [0.15, 0.2) is 0 Å². The van der Waals surface area contributed by atoms with Crippen molar-refractivity contribution in [1.29, 1.82) is 0 Å². The molecule has 2 unspecified atom stereocenters. The lowest BCUT2D eigenvalue weighted by atomic mass is 10.1. The van der Waals surface area contributed by atoms with Crippen molar-refractivity contribution < 1.29 is 4.74 Å². The molecule has 3 nitrogen and oxygen atoms in total. The van der Waals surface area contributed by atoms with Gasteiger partial charge in [0.2, 0.25) is 0 Å². The Morgan fingerprint density at radius 1 is 1.40 bits per heavy atom. The van der Waals surface area contributed by atoms with Crippen LogP contribution in [0.4, 0.5) is 0 Å². The maximum Gasteiger partial charge on any atom is 0.0474 e. The minimum Gasteiger partial charge on any atom is -0.385 e. The maximum absolute atomic E-state index is 5.11. The van der Waals surface area contributed by atoms with E-state index in [1.807, 2.05) is 0 Å². The molecule has 1 aliphatic carbocycles. The van der Waals surface area contributed by atoms with Gasteiger partial charge in [-0.15, -0.1) is 0 Å². The molecule has 2 atom stereocenters. The van der Waals surface area contributed by atoms with Crippen molar-refractivity contribution in [3.05, 3.63) is 0 Å². The molecule has 0 aromatic carbocycles. The second kappa shape index (κ2) is 5.28. The molecule has 1 saturated heterocycles. The lowest BCUT2D eigenvalue weighted by Crippen LogP contribution is -2.56. The van der Waals surface area contributed by atoms with Crippen LogP contribution in [0.2, 0.25) is 0 Å². The van der Waals surface area contributed by atoms with Crippen LogP contribution in [0.1, 0.15) is 26.2 Å². The Kier molecular flexibility index (Phi) is 4.00. The Bertz CT molecular complexity index is 194. The molecule has 0 amide bonds. The highest BCUT2D eigenvalue weighted by Crippen LogP contribution is 2.34. The van der Waals surface area contributed by atoms with Gasteiger partial charge in [0.1, 0.15) is 0 Å². The van der Waals surface area contributed by atoms with Gasteiger partial charge in [-0.2, -0.15) is 0 Å². The fourth-order valence-corrected chi connectivity index (χ4v) is 2.49. The Morgan fingerprint density at radius 3 is 2.87 bits per heavy atom. The predicted octanol–water partition coefficient (Wildman–Crippen LogP) is 1.10. The Balaban J connectivity index is 1.74. The summed E-state index contributed by atoms with van der Waals surface area (Å²) < 4.78 is 5.11. The summed E-state index contributed by atoms with van der Waals surface area (Å²) >= 11 is 0. The van der Waals surface area contributed by atoms with Crippen LogP contribution in [0, 0.1) is 5.92 Å². The molecular weight excluding hydrogens is 188 g/mol. The monoisotopic (exact) mass is 212 g/mol. The molecule has 0 bridgehead atoms. The average Bonchev–Trinajstić information content (AvgIpc) is 3.05. The van der Waals surface area contributed by atoms with Crippen LogP contribution in [-0.2, 0) is 4.74 Å². The number of methoxy groups -OCH3 is 1. The van der Waals surface area contributed by atoms with Crippen molar-refractivity contribution in [3.63, 3.8) is 0 Å². The van der Waals surface area contributed by atoms with Crippen molar-refractivity contribution in [2.75, 3.05) is 33.4 Å². The van der Waals surface area contributed by atoms with E-state index in [-0.39, 0.29) is 0 Å². The molecule has 2 fully saturated rings. The lowest BCUT2D eigenvalue weighted by Gasteiger charge is -2.39. The number of rotatable bonds is 5. The van der Waals surface area contributed by atoms with Crippen molar-refractivity contribution in [2.45, 2.75) is 38.3 Å². The normalized spacial score (nSPS) is 33.2. The van der Waals surface area contributed by atoms with Crippen molar-refractivity contribution in [2.24, 2.45) is 5.92 Å². The average molecular weight is 212 g/mol. The molecule has 1 aliphatic heterocycles. The van der Waals surface area contributed by atoms with Crippen LogP contribution in [0.25, 0.3) is 0 Å². The number of nitrogens with zero attached hydrogens (tertiary/aromatic N) is 1. The molecule has 1 saturated carbocycles. The number of hydrogen-bond donors (Lipinski definition) is 1. The number of piperazine rings is 1. The maximum atomic E-state index is 5.11. The number of ether oxygens (including phenoxy) is 1. The Labute approximate surface area is 93.2 Å². The van der Waals surface area contributed by atoms with Gasteiger partial charge in [0, 0.05) is 45.4 Å². The second-order valence-electron chi connectivity index (χ2n) is 5.04. The first-order valence-electron chi connectivity index (χ1n) is 6.27. The van der Waals surface area contributed by atoms with E-state index >= 15 is 0 Å². The topological polar surface area (TPSA) is 24.5 Å². The Morgan fingerprint density at radius 2 is 2.20 bits per heavy atom. The van der Waals surface area contributed by atoms with E-state index in [9.17, 15) is 0 Å². The van der Waals surface area contributed by atoms with Gasteiger partial charge in [-0.25, -0.2) is 0 Å². The first kappa shape index (κ1) is 11.4. The van der Waals surface area contributed by atoms with Gasteiger partial charge in [0.05, 0.1) is 0 Å². The summed E-state index contributed by atoms with van der Waals surface area (Å²) in [5.41, 5.74) is 0. The van der Waals surface area contributed by atoms with E-state index in [4.69, 9.17) is 4.74 Å². The molecule has 2 aliphatic rings. The summed E-state index contributed by atoms with van der Waals surface area (Å²) in [6.07, 6.45) is 4.05. The quantitative estimate of drug-likeness (QED) is 0.691. The molecule has 3 heteroatoms. The molecule has 2 rings (SSSR count). The molecule has 88 valence electrons. The van der Waals surface area contributed by atoms with Gasteiger partial charge in [0.25, 0.3) is 0 Å². The third kappa shape index (κ3) is 3.16. The summed E-state index contributed by atoms with van der Waals surface area (Å²) in [4.78, 5) is 2.62. The van der Waals surface area contributed by atoms with Crippen LogP contribution < -0.4 is 5.32 Å². The molecule has 1 N–H and O–H groups in total. The summed E-state index contributed by atoms with van der Waals surface area (Å²) in [7, 11) is 1.79. The van der Waals surface area contributed by atoms with Crippen molar-refractivity contribution >= 4 is 0 Å². The number of nitrogens with one attached hydrogen (secondary N) is 1. The van der Waals surface area contributed by atoms with E-state index in [2.05, 4.69) is 17.1 Å². The zero-order valence-corrected chi connectivity index (χ0v) is 10.0. The minimum atomic E-state index is 0.692. The van der Waals surface area contributed by atoms with Crippen LogP contribution in [0.15, 0.2) is 0 Å². The molecule has 1 heterocycles. The molecule has 0 aromatic heterocycles. The smallest absolute Gasteiger partial charge is 0.0474 e. The van der Waals surface area contributed by atoms with E-state index in [1.54, 1.807) is 7.11 Å². The summed E-state index contributed by atoms with van der Waals surface area (Å²) in [6, 6.07) is 1.46. The summed E-state index contributed by atoms with van der Waals surface area (Å²) in [6.45, 7) is 6.82. The highest BCUT2D eigenvalue weighted by atomic mass is 16.5. The van der Waals surface area contributed by atoms with E-state index in [0.717, 1.165) is 31.5 Å². The zero-order valence-electron chi connectivity index (χ0n) is 10.0. The highest BCUT2D eigenvalue weighted by Gasteiger charge is 2.35. The third-order valence-electron chi connectivity index (χ3n) is 3.71. The van der Waals surface area contributed by atoms with Gasteiger partial charge < -0.3 is 10.1 Å². The first-order valence-corrected chi connectivity index (χ1v) is 6.27. The van der Waals surface area contributed by atoms with E-state index < -0.39 is 0 Å². The molecular formula is C12H24N2O. The highest BCUT2D eigenvalue weighted by molar-refractivity contribution is 4.93. The van der Waals surface area contributed by atoms with Crippen LogP contribution in [0.3, 0.4) is 0 Å². The third-order valence-corrected chi connectivity index (χ3v) is 3.71. The van der Waals surface area contributed by atoms with E-state index in [1.165, 1.54) is 25.9 Å². The second-order valence-corrected chi connectivity index (χ2v) is 5.04. The van der Waals surface area contributed by atoms with Gasteiger partial charge >= 0.3 is 0 Å². The number of hydrogen-bond acceptors (Lipinski definition) is 3. The van der Waals surface area contributed by atoms with Crippen molar-refractivity contribution in [3.8, 4) is 0 Å². The van der Waals surface area contributed by atoms with Gasteiger partial charge in [-0.05, 0) is 32.1 Å². The lowest BCUT2D eigenvalue weighted by molar-refractivity contribution is 0.112. The van der Waals surface area contributed by atoms with Gasteiger partial charge in [-0.1, -0.05) is 0 Å². The van der Waals surface area contributed by atoms with Crippen LogP contribution in [-0.4, -0.2) is 50.3 Å². The fourth-order valence-electron chi connectivity index (χ4n) is 2.49. The van der Waals surface area contributed by atoms with Crippen molar-refractivity contribution in [1.82, 2.24) is 10.2 Å². The summed E-state index contributed by atoms with van der Waals surface area (Å²) in [5, 5.41) is 3.68. The zero-order chi connectivity index (χ0) is 10.7. The molecule has 0 radical (unpaired) electrons. The van der Waals surface area contributed by atoms with Gasteiger partial charge in [-0.3, -0.25) is 4.90 Å². The first-order chi connectivity index (χ1) is 7.31. The van der Waals surface area contributed by atoms with Crippen LogP contribution in [0.5, 0.6) is 0 Å². The minimum absolute atomic E-state index is 0.692. The molecule has 0 spiro atoms. The predicted molar refractivity (Wildman–Crippen MR) is 62.0 cm³/mol. The molecule has 0 aromatic rings. The SMILES string of the molecule is COCCCN1CC(C2CC2)NCC1C. The largest absolute Gasteiger partial charge is 0.385 e.